The van der Waals surface area contributed by atoms with E-state index in [0.29, 0.717) is 12.5 Å². The fraction of sp³-hybridized carbons (Fsp3) is 0.857. The number of hydrogen-bond donors (Lipinski definition) is 7. The highest BCUT2D eigenvalue weighted by Crippen LogP contribution is 2.46. The molecule has 0 spiro atoms. The number of phosphoric acid groups is 3. The van der Waals surface area contributed by atoms with Crippen LogP contribution in [0.25, 0.3) is 0 Å². The van der Waals surface area contributed by atoms with E-state index in [1.807, 2.05) is 0 Å². The van der Waals surface area contributed by atoms with Crippen molar-refractivity contribution in [3.63, 3.8) is 0 Å². The highest BCUT2D eigenvalue weighted by atomic mass is 31.2. The Bertz CT molecular complexity index is 918. The van der Waals surface area contributed by atoms with Gasteiger partial charge in [0.2, 0.25) is 0 Å². The van der Waals surface area contributed by atoms with Crippen molar-refractivity contribution in [1.29, 1.82) is 0 Å². The third kappa shape index (κ3) is 26.9. The fourth-order valence-electron chi connectivity index (χ4n) is 2.06. The van der Waals surface area contributed by atoms with Crippen LogP contribution >= 0.6 is 31.1 Å². The number of halogens is 1. The highest BCUT2D eigenvalue weighted by Gasteiger charge is 2.28. The van der Waals surface area contributed by atoms with Crippen LogP contribution in [0.5, 0.6) is 0 Å². The van der Waals surface area contributed by atoms with Crippen LogP contribution in [0.3, 0.4) is 0 Å². The van der Waals surface area contributed by atoms with Gasteiger partial charge >= 0.3 is 31.1 Å². The summed E-state index contributed by atoms with van der Waals surface area (Å²) in [5.74, 6) is -1.87. The minimum Gasteiger partial charge on any atom is -0.429 e. The lowest BCUT2D eigenvalue weighted by atomic mass is 10.2. The molecule has 0 saturated heterocycles. The lowest BCUT2D eigenvalue weighted by Gasteiger charge is -2.21. The van der Waals surface area contributed by atoms with Crippen molar-refractivity contribution in [2.24, 2.45) is 11.8 Å². The van der Waals surface area contributed by atoms with Gasteiger partial charge in [0.05, 0.1) is 33.0 Å². The molecule has 0 heterocycles. The topological polar surface area (TPSA) is 295 Å². The molecule has 0 bridgehead atoms. The quantitative estimate of drug-likeness (QED) is 0.0152. The van der Waals surface area contributed by atoms with Gasteiger partial charge in [-0.3, -0.25) is 22.6 Å². The van der Waals surface area contributed by atoms with Crippen LogP contribution in [0.15, 0.2) is 12.5 Å². The summed E-state index contributed by atoms with van der Waals surface area (Å²) in [6.07, 6.45) is 1.34. The molecule has 0 aromatic heterocycles. The minimum atomic E-state index is -4.79. The van der Waals surface area contributed by atoms with Gasteiger partial charge in [0.1, 0.15) is 12.9 Å². The van der Waals surface area contributed by atoms with Crippen molar-refractivity contribution in [2.45, 2.75) is 0 Å². The van der Waals surface area contributed by atoms with Gasteiger partial charge in [-0.1, -0.05) is 0 Å². The molecular weight excluding hydrogens is 659 g/mol. The Labute approximate surface area is 232 Å². The first kappa shape index (κ1) is 40.5. The summed E-state index contributed by atoms with van der Waals surface area (Å²) in [7, 11) is -16.5. The molecule has 0 amide bonds. The summed E-state index contributed by atoms with van der Waals surface area (Å²) in [5.41, 5.74) is 1.24. The molecule has 246 valence electrons. The average molecular weight is 692 g/mol. The van der Waals surface area contributed by atoms with E-state index in [1.54, 1.807) is 0 Å². The first-order valence-electron chi connectivity index (χ1n) is 10.8. The predicted molar refractivity (Wildman–Crippen MR) is 128 cm³/mol. The third-order valence-electron chi connectivity index (χ3n) is 3.69. The van der Waals surface area contributed by atoms with Crippen molar-refractivity contribution in [1.82, 2.24) is 10.9 Å². The van der Waals surface area contributed by atoms with E-state index < -0.39 is 89.1 Å². The van der Waals surface area contributed by atoms with Gasteiger partial charge in [0.15, 0.2) is 6.26 Å². The van der Waals surface area contributed by atoms with Gasteiger partial charge < -0.3 is 39.2 Å². The molecule has 41 heavy (non-hydrogen) atoms. The molecule has 0 saturated carbocycles. The van der Waals surface area contributed by atoms with E-state index in [-0.39, 0.29) is 6.54 Å². The molecule has 27 heteroatoms. The average Bonchev–Trinajstić information content (AvgIpc) is 2.85. The van der Waals surface area contributed by atoms with Crippen LogP contribution in [0, 0.1) is 11.8 Å². The zero-order valence-corrected chi connectivity index (χ0v) is 25.1. The van der Waals surface area contributed by atoms with Gasteiger partial charge in [0, 0.05) is 41.7 Å². The molecule has 0 rings (SSSR count). The molecule has 0 aromatic rings. The maximum absolute atomic E-state index is 12.6. The van der Waals surface area contributed by atoms with Crippen molar-refractivity contribution < 1.29 is 99.2 Å². The second-order valence-corrected chi connectivity index (χ2v) is 13.3. The van der Waals surface area contributed by atoms with Gasteiger partial charge in [-0.25, -0.2) is 23.1 Å². The van der Waals surface area contributed by atoms with Crippen LogP contribution in [0.4, 0.5) is 4.48 Å². The van der Waals surface area contributed by atoms with Crippen molar-refractivity contribution >= 4 is 31.1 Å². The summed E-state index contributed by atoms with van der Waals surface area (Å²) in [4.78, 5) is 54.3. The SMILES string of the molecule is CNCC(COP(=O)(O)O)COP(=O)(O)OCC(CNF)COP(=O)(O)OCCOOOOO/C=C/OP(C)(=O)O. The maximum atomic E-state index is 12.6. The Hall–Kier alpha value is -0.450. The van der Waals surface area contributed by atoms with Crippen LogP contribution < -0.4 is 10.9 Å². The standard InChI is InChI=1S/C14H33FN2O20P4/c1-16-7-13(9-31-39(20,21)22)10-33-41(25,26)34-12-14(8-17-15)11-32-40(23,24)30-6-4-28-36-37-35-27-3-5-29-38(2,18)19/h3,5,13-14,16-17H,4,6-12H2,1-2H3,(H,18,19)(H,23,24)(H,25,26)(H2,20,21,22)/b5-3+. The molecule has 22 nitrogen and oxygen atoms in total. The summed E-state index contributed by atoms with van der Waals surface area (Å²) >= 11 is 0. The Balaban J connectivity index is 4.33. The van der Waals surface area contributed by atoms with Gasteiger partial charge in [0.25, 0.3) is 0 Å². The molecule has 0 radical (unpaired) electrons. The Morgan fingerprint density at radius 2 is 1.27 bits per heavy atom. The van der Waals surface area contributed by atoms with Crippen LogP contribution in [-0.4, -0.2) is 90.9 Å². The Kier molecular flexibility index (Phi) is 21.1. The van der Waals surface area contributed by atoms with E-state index in [2.05, 4.69) is 48.3 Å². The van der Waals surface area contributed by atoms with Crippen LogP contribution in [-0.2, 0) is 70.3 Å². The molecule has 0 aromatic carbocycles. The third-order valence-corrected chi connectivity index (χ3v) is 6.62. The molecule has 5 unspecified atom stereocenters. The molecule has 5 atom stereocenters. The zero-order chi connectivity index (χ0) is 31.4. The summed E-state index contributed by atoms with van der Waals surface area (Å²) in [5, 5.41) is 14.4. The van der Waals surface area contributed by atoms with E-state index in [1.165, 1.54) is 12.6 Å². The molecule has 0 fully saturated rings. The monoisotopic (exact) mass is 692 g/mol. The van der Waals surface area contributed by atoms with E-state index >= 15 is 0 Å². The van der Waals surface area contributed by atoms with Crippen molar-refractivity contribution in [3.8, 4) is 0 Å². The maximum Gasteiger partial charge on any atom is 0.472 e. The Morgan fingerprint density at radius 3 is 1.78 bits per heavy atom. The summed E-state index contributed by atoms with van der Waals surface area (Å²) in [6, 6.07) is 0. The molecule has 0 aliphatic rings. The highest BCUT2D eigenvalue weighted by molar-refractivity contribution is 7.52. The smallest absolute Gasteiger partial charge is 0.429 e. The van der Waals surface area contributed by atoms with E-state index in [0.717, 1.165) is 6.66 Å². The fourth-order valence-corrected chi connectivity index (χ4v) is 4.39. The molecule has 7 N–H and O–H groups in total. The second-order valence-electron chi connectivity index (χ2n) is 7.37. The zero-order valence-electron chi connectivity index (χ0n) is 21.5. The number of hydrogen-bond acceptors (Lipinski definition) is 17. The first-order valence-corrected chi connectivity index (χ1v) is 17.4. The molecule has 0 aliphatic carbocycles. The number of nitrogens with one attached hydrogen (secondary N) is 2. The number of phosphoric ester groups is 3. The van der Waals surface area contributed by atoms with E-state index in [4.69, 9.17) is 23.7 Å². The second kappa shape index (κ2) is 21.3. The lowest BCUT2D eigenvalue weighted by molar-refractivity contribution is -0.700. The van der Waals surface area contributed by atoms with Gasteiger partial charge in [-0.15, -0.1) is 4.48 Å². The largest absolute Gasteiger partial charge is 0.472 e. The first-order chi connectivity index (χ1) is 19.0. The van der Waals surface area contributed by atoms with Crippen molar-refractivity contribution in [3.05, 3.63) is 12.5 Å². The molecule has 0 aliphatic heterocycles. The van der Waals surface area contributed by atoms with Gasteiger partial charge in [-0.2, -0.15) is 5.54 Å². The summed E-state index contributed by atoms with van der Waals surface area (Å²) in [6.45, 7) is -3.10. The number of rotatable bonds is 27. The summed E-state index contributed by atoms with van der Waals surface area (Å²) < 4.78 is 85.6. The Morgan fingerprint density at radius 1 is 0.732 bits per heavy atom. The minimum absolute atomic E-state index is 0.0881. The molecular formula is C14H33FN2O20P4. The van der Waals surface area contributed by atoms with Crippen LogP contribution in [0.2, 0.25) is 0 Å². The lowest BCUT2D eigenvalue weighted by Crippen LogP contribution is -2.27. The predicted octanol–water partition coefficient (Wildman–Crippen LogP) is 0.335. The van der Waals surface area contributed by atoms with E-state index in [9.17, 15) is 32.5 Å². The van der Waals surface area contributed by atoms with Gasteiger partial charge in [-0.05, 0) is 12.1 Å². The van der Waals surface area contributed by atoms with Crippen LogP contribution in [0.1, 0.15) is 0 Å². The van der Waals surface area contributed by atoms with Crippen molar-refractivity contribution in [2.75, 3.05) is 66.4 Å². The normalized spacial score (nSPS) is 18.3.